The van der Waals surface area contributed by atoms with Crippen LogP contribution in [0.2, 0.25) is 0 Å². The SMILES string of the molecule is CNc1n[nH]c2ccc(Nc3nc(N[C@H](C4CC4)[C@H](C)N)c(F)cc3C(N)=O)cc12. The van der Waals surface area contributed by atoms with E-state index in [9.17, 15) is 9.18 Å². The molecule has 1 aliphatic rings. The van der Waals surface area contributed by atoms with Crippen LogP contribution in [-0.4, -0.2) is 40.2 Å². The quantitative estimate of drug-likeness (QED) is 0.333. The number of anilines is 4. The number of carbonyl (C=O) groups excluding carboxylic acids is 1. The van der Waals surface area contributed by atoms with Gasteiger partial charge in [0.1, 0.15) is 5.82 Å². The number of halogens is 1. The molecule has 1 saturated carbocycles. The number of pyridine rings is 1. The van der Waals surface area contributed by atoms with Crippen LogP contribution in [-0.2, 0) is 0 Å². The van der Waals surface area contributed by atoms with E-state index in [4.69, 9.17) is 11.5 Å². The van der Waals surface area contributed by atoms with Gasteiger partial charge in [-0.25, -0.2) is 9.37 Å². The van der Waals surface area contributed by atoms with E-state index in [0.29, 0.717) is 17.4 Å². The molecule has 1 aliphatic carbocycles. The van der Waals surface area contributed by atoms with Gasteiger partial charge in [0.05, 0.1) is 11.1 Å². The van der Waals surface area contributed by atoms with Crippen LogP contribution in [0.1, 0.15) is 30.1 Å². The fraction of sp³-hybridized carbons (Fsp3) is 0.350. The first-order chi connectivity index (χ1) is 14.4. The number of nitrogens with one attached hydrogen (secondary N) is 4. The van der Waals surface area contributed by atoms with Crippen molar-refractivity contribution in [2.24, 2.45) is 17.4 Å². The summed E-state index contributed by atoms with van der Waals surface area (Å²) in [4.78, 5) is 16.2. The van der Waals surface area contributed by atoms with Crippen molar-refractivity contribution in [1.29, 1.82) is 0 Å². The average molecular weight is 412 g/mol. The number of rotatable bonds is 8. The van der Waals surface area contributed by atoms with E-state index in [1.165, 1.54) is 0 Å². The zero-order chi connectivity index (χ0) is 21.4. The molecule has 158 valence electrons. The molecule has 4 rings (SSSR count). The van der Waals surface area contributed by atoms with Crippen LogP contribution in [0.25, 0.3) is 10.9 Å². The van der Waals surface area contributed by atoms with E-state index < -0.39 is 11.7 Å². The van der Waals surface area contributed by atoms with Crippen molar-refractivity contribution in [3.63, 3.8) is 0 Å². The molecule has 3 aromatic rings. The maximum Gasteiger partial charge on any atom is 0.252 e. The Morgan fingerprint density at radius 3 is 2.67 bits per heavy atom. The maximum atomic E-state index is 14.7. The molecule has 0 saturated heterocycles. The highest BCUT2D eigenvalue weighted by Gasteiger charge is 2.34. The first-order valence-electron chi connectivity index (χ1n) is 9.82. The summed E-state index contributed by atoms with van der Waals surface area (Å²) in [6.07, 6.45) is 2.09. The molecule has 10 heteroatoms. The third kappa shape index (κ3) is 3.86. The summed E-state index contributed by atoms with van der Waals surface area (Å²) < 4.78 is 14.7. The molecule has 2 atom stereocenters. The van der Waals surface area contributed by atoms with Crippen LogP contribution >= 0.6 is 0 Å². The lowest BCUT2D eigenvalue weighted by Crippen LogP contribution is -2.40. The lowest BCUT2D eigenvalue weighted by atomic mass is 10.1. The molecular weight excluding hydrogens is 387 g/mol. The van der Waals surface area contributed by atoms with Gasteiger partial charge in [-0.05, 0) is 49.9 Å². The Balaban J connectivity index is 1.69. The largest absolute Gasteiger partial charge is 0.371 e. The first-order valence-corrected chi connectivity index (χ1v) is 9.82. The number of hydrogen-bond donors (Lipinski definition) is 6. The van der Waals surface area contributed by atoms with E-state index in [1.54, 1.807) is 13.1 Å². The maximum absolute atomic E-state index is 14.7. The molecule has 0 radical (unpaired) electrons. The van der Waals surface area contributed by atoms with E-state index in [2.05, 4.69) is 31.1 Å². The summed E-state index contributed by atoms with van der Waals surface area (Å²) >= 11 is 0. The molecular formula is C20H25FN8O. The number of primary amides is 1. The monoisotopic (exact) mass is 412 g/mol. The summed E-state index contributed by atoms with van der Waals surface area (Å²) in [6.45, 7) is 1.88. The average Bonchev–Trinajstić information content (AvgIpc) is 3.46. The van der Waals surface area contributed by atoms with Gasteiger partial charge in [-0.3, -0.25) is 9.89 Å². The zero-order valence-electron chi connectivity index (χ0n) is 16.8. The molecule has 0 bridgehead atoms. The number of nitrogens with two attached hydrogens (primary N) is 2. The van der Waals surface area contributed by atoms with Crippen LogP contribution in [0.5, 0.6) is 0 Å². The number of carbonyl (C=O) groups is 1. The van der Waals surface area contributed by atoms with Gasteiger partial charge < -0.3 is 27.4 Å². The van der Waals surface area contributed by atoms with Gasteiger partial charge in [0.15, 0.2) is 17.5 Å². The number of benzene rings is 1. The standard InChI is InChI=1S/C20H25FN8O/c1-9(22)16(10-3-4-10)26-20-14(21)8-13(17(23)30)19(27-20)25-11-5-6-15-12(7-11)18(24-2)29-28-15/h5-10,16H,3-4,22H2,1-2H3,(H2,23,30)(H2,24,28,29)(H2,25,26,27)/t9-,16-/m0/s1. The molecule has 2 aromatic heterocycles. The van der Waals surface area contributed by atoms with E-state index in [-0.39, 0.29) is 29.3 Å². The van der Waals surface area contributed by atoms with Gasteiger partial charge in [0.2, 0.25) is 0 Å². The second-order valence-corrected chi connectivity index (χ2v) is 7.65. The van der Waals surface area contributed by atoms with Crippen molar-refractivity contribution >= 4 is 40.0 Å². The number of H-pyrrole nitrogens is 1. The van der Waals surface area contributed by atoms with Gasteiger partial charge in [0, 0.05) is 30.2 Å². The van der Waals surface area contributed by atoms with Gasteiger partial charge in [-0.15, -0.1) is 0 Å². The third-order valence-corrected chi connectivity index (χ3v) is 5.30. The summed E-state index contributed by atoms with van der Waals surface area (Å²) in [7, 11) is 1.77. The zero-order valence-corrected chi connectivity index (χ0v) is 16.8. The van der Waals surface area contributed by atoms with Crippen molar-refractivity contribution in [1.82, 2.24) is 15.2 Å². The second-order valence-electron chi connectivity index (χ2n) is 7.65. The summed E-state index contributed by atoms with van der Waals surface area (Å²) in [5, 5.41) is 17.2. The Bertz CT molecular complexity index is 1090. The topological polar surface area (TPSA) is 147 Å². The van der Waals surface area contributed by atoms with Crippen LogP contribution < -0.4 is 27.4 Å². The van der Waals surface area contributed by atoms with Crippen molar-refractivity contribution in [2.45, 2.75) is 31.8 Å². The van der Waals surface area contributed by atoms with E-state index >= 15 is 0 Å². The van der Waals surface area contributed by atoms with Crippen molar-refractivity contribution < 1.29 is 9.18 Å². The van der Waals surface area contributed by atoms with Crippen molar-refractivity contribution in [2.75, 3.05) is 23.0 Å². The summed E-state index contributed by atoms with van der Waals surface area (Å²) in [5.41, 5.74) is 13.0. The molecule has 0 spiro atoms. The molecule has 1 fully saturated rings. The third-order valence-electron chi connectivity index (χ3n) is 5.30. The van der Waals surface area contributed by atoms with E-state index in [0.717, 1.165) is 29.8 Å². The molecule has 0 aliphatic heterocycles. The van der Waals surface area contributed by atoms with Gasteiger partial charge in [0.25, 0.3) is 5.91 Å². The second kappa shape index (κ2) is 7.79. The predicted octanol–water partition coefficient (Wildman–Crippen LogP) is 2.52. The minimum atomic E-state index is -0.776. The van der Waals surface area contributed by atoms with Crippen molar-refractivity contribution in [3.8, 4) is 0 Å². The number of fused-ring (bicyclic) bond motifs is 1. The highest BCUT2D eigenvalue weighted by atomic mass is 19.1. The minimum Gasteiger partial charge on any atom is -0.371 e. The number of nitrogens with zero attached hydrogens (tertiary/aromatic N) is 2. The predicted molar refractivity (Wildman–Crippen MR) is 115 cm³/mol. The van der Waals surface area contributed by atoms with E-state index in [1.807, 2.05) is 19.1 Å². The van der Waals surface area contributed by atoms with Crippen LogP contribution in [0.3, 0.4) is 0 Å². The van der Waals surface area contributed by atoms with Gasteiger partial charge >= 0.3 is 0 Å². The Kier molecular flexibility index (Phi) is 5.17. The van der Waals surface area contributed by atoms with Crippen LogP contribution in [0, 0.1) is 11.7 Å². The molecule has 9 nitrogen and oxygen atoms in total. The lowest BCUT2D eigenvalue weighted by molar-refractivity contribution is 0.100. The smallest absolute Gasteiger partial charge is 0.252 e. The summed E-state index contributed by atoms with van der Waals surface area (Å²) in [6, 6.07) is 6.33. The number of hydrogen-bond acceptors (Lipinski definition) is 7. The Morgan fingerprint density at radius 2 is 2.03 bits per heavy atom. The Labute approximate surface area is 172 Å². The first kappa shape index (κ1) is 19.9. The van der Waals surface area contributed by atoms with Crippen LogP contribution in [0.4, 0.5) is 27.5 Å². The number of aromatic amines is 1. The fourth-order valence-electron chi connectivity index (χ4n) is 3.58. The number of amides is 1. The molecule has 8 N–H and O–H groups in total. The van der Waals surface area contributed by atoms with Gasteiger partial charge in [-0.1, -0.05) is 0 Å². The molecule has 1 aromatic carbocycles. The molecule has 30 heavy (non-hydrogen) atoms. The van der Waals surface area contributed by atoms with Gasteiger partial charge in [-0.2, -0.15) is 5.10 Å². The summed E-state index contributed by atoms with van der Waals surface area (Å²) in [5.74, 6) is -0.147. The Morgan fingerprint density at radius 1 is 1.27 bits per heavy atom. The normalized spacial score (nSPS) is 15.6. The molecule has 1 amide bonds. The highest BCUT2D eigenvalue weighted by molar-refractivity contribution is 5.99. The fourth-order valence-corrected chi connectivity index (χ4v) is 3.58. The lowest BCUT2D eigenvalue weighted by Gasteiger charge is -2.23. The number of aromatic nitrogens is 3. The van der Waals surface area contributed by atoms with Crippen molar-refractivity contribution in [3.05, 3.63) is 35.6 Å². The highest BCUT2D eigenvalue weighted by Crippen LogP contribution is 2.36. The minimum absolute atomic E-state index is 0.0389. The molecule has 2 heterocycles. The molecule has 0 unspecified atom stereocenters. The Hall–Kier alpha value is -3.40. The van der Waals surface area contributed by atoms with Crippen LogP contribution in [0.15, 0.2) is 24.3 Å².